The molecule has 176 valence electrons. The molecule has 0 spiro atoms. The first-order valence-corrected chi connectivity index (χ1v) is 10.3. The number of rotatable bonds is 5. The number of nitrogens with two attached hydrogens (primary N) is 1. The molecule has 2 fully saturated rings. The van der Waals surface area contributed by atoms with Gasteiger partial charge in [-0.15, -0.1) is 0 Å². The summed E-state index contributed by atoms with van der Waals surface area (Å²) in [5.41, 5.74) is 4.98. The first-order valence-electron chi connectivity index (χ1n) is 10.3. The molecule has 3 N–H and O–H groups in total. The first-order chi connectivity index (χ1) is 15.4. The van der Waals surface area contributed by atoms with Crippen LogP contribution in [0, 0.1) is 11.6 Å². The molecular weight excluding hydrogens is 444 g/mol. The van der Waals surface area contributed by atoms with Gasteiger partial charge >= 0.3 is 6.09 Å². The molecule has 1 aromatic carbocycles. The molecule has 2 heterocycles. The molecular formula is C22H22F4N4O3. The van der Waals surface area contributed by atoms with Gasteiger partial charge in [0.2, 0.25) is 0 Å². The number of ether oxygens (including phenoxy) is 1. The summed E-state index contributed by atoms with van der Waals surface area (Å²) in [6.07, 6.45) is 1.12. The van der Waals surface area contributed by atoms with Crippen molar-refractivity contribution in [2.75, 3.05) is 18.0 Å². The third-order valence-corrected chi connectivity index (χ3v) is 5.86. The maximum absolute atomic E-state index is 14.0. The molecule has 4 rings (SSSR count). The Hall–Kier alpha value is -3.37. The van der Waals surface area contributed by atoms with E-state index in [0.29, 0.717) is 18.7 Å². The van der Waals surface area contributed by atoms with Gasteiger partial charge in [-0.1, -0.05) is 0 Å². The molecule has 0 radical (unpaired) electrons. The topological polar surface area (TPSA) is 97.5 Å². The lowest BCUT2D eigenvalue weighted by atomic mass is 9.88. The van der Waals surface area contributed by atoms with Crippen LogP contribution in [0.4, 0.5) is 28.0 Å². The Labute approximate surface area is 186 Å². The number of carbonyl (C=O) groups excluding carboxylic acids is 2. The molecule has 2 aromatic rings. The van der Waals surface area contributed by atoms with Crippen LogP contribution < -0.4 is 16.0 Å². The lowest BCUT2D eigenvalue weighted by Crippen LogP contribution is -2.50. The Bertz CT molecular complexity index is 1080. The van der Waals surface area contributed by atoms with E-state index in [1.165, 1.54) is 12.4 Å². The number of aromatic nitrogens is 1. The summed E-state index contributed by atoms with van der Waals surface area (Å²) in [5.74, 6) is -5.08. The van der Waals surface area contributed by atoms with Crippen molar-refractivity contribution in [3.8, 4) is 11.1 Å². The van der Waals surface area contributed by atoms with E-state index in [1.54, 1.807) is 11.8 Å². The number of anilines is 1. The number of amides is 2. The number of alkyl halides is 2. The Balaban J connectivity index is 1.74. The lowest BCUT2D eigenvalue weighted by Gasteiger charge is -2.35. The number of carbonyl (C=O) groups is 2. The third-order valence-electron chi connectivity index (χ3n) is 5.86. The van der Waals surface area contributed by atoms with Crippen LogP contribution in [0.2, 0.25) is 0 Å². The highest BCUT2D eigenvalue weighted by atomic mass is 19.3. The van der Waals surface area contributed by atoms with Gasteiger partial charge in [-0.25, -0.2) is 22.4 Å². The Morgan fingerprint density at radius 1 is 1.18 bits per heavy atom. The van der Waals surface area contributed by atoms with E-state index >= 15 is 0 Å². The van der Waals surface area contributed by atoms with E-state index in [-0.39, 0.29) is 23.2 Å². The zero-order chi connectivity index (χ0) is 24.0. The average Bonchev–Trinajstić information content (AvgIpc) is 3.05. The Morgan fingerprint density at radius 2 is 1.85 bits per heavy atom. The Kier molecular flexibility index (Phi) is 5.67. The maximum atomic E-state index is 14.0. The number of pyridine rings is 1. The quantitative estimate of drug-likeness (QED) is 0.656. The van der Waals surface area contributed by atoms with Gasteiger partial charge in [-0.3, -0.25) is 9.78 Å². The van der Waals surface area contributed by atoms with Crippen molar-refractivity contribution in [3.05, 3.63) is 47.8 Å². The highest BCUT2D eigenvalue weighted by Crippen LogP contribution is 2.40. The zero-order valence-electron chi connectivity index (χ0n) is 17.7. The zero-order valence-corrected chi connectivity index (χ0v) is 17.7. The van der Waals surface area contributed by atoms with Gasteiger partial charge in [0, 0.05) is 55.9 Å². The predicted molar refractivity (Wildman–Crippen MR) is 111 cm³/mol. The summed E-state index contributed by atoms with van der Waals surface area (Å²) in [4.78, 5) is 30.1. The molecule has 1 atom stereocenters. The van der Waals surface area contributed by atoms with Gasteiger partial charge in [-0.2, -0.15) is 0 Å². The van der Waals surface area contributed by atoms with Gasteiger partial charge in [-0.05, 0) is 24.6 Å². The van der Waals surface area contributed by atoms with E-state index in [9.17, 15) is 27.2 Å². The summed E-state index contributed by atoms with van der Waals surface area (Å²) in [6, 6.07) is 2.23. The van der Waals surface area contributed by atoms with Crippen molar-refractivity contribution < 1.29 is 31.9 Å². The second-order valence-corrected chi connectivity index (χ2v) is 8.72. The fraction of sp³-hybridized carbons (Fsp3) is 0.409. The molecule has 1 aliphatic carbocycles. The lowest BCUT2D eigenvalue weighted by molar-refractivity contribution is -0.0901. The second kappa shape index (κ2) is 8.20. The van der Waals surface area contributed by atoms with Crippen molar-refractivity contribution in [1.82, 2.24) is 10.3 Å². The number of benzene rings is 1. The van der Waals surface area contributed by atoms with Crippen LogP contribution in [0.5, 0.6) is 0 Å². The van der Waals surface area contributed by atoms with Crippen LogP contribution in [-0.4, -0.2) is 47.6 Å². The summed E-state index contributed by atoms with van der Waals surface area (Å²) in [7, 11) is 0. The molecule has 33 heavy (non-hydrogen) atoms. The van der Waals surface area contributed by atoms with Crippen LogP contribution in [0.1, 0.15) is 36.5 Å². The fourth-order valence-electron chi connectivity index (χ4n) is 4.36. The van der Waals surface area contributed by atoms with Gasteiger partial charge in [0.1, 0.15) is 17.2 Å². The normalized spacial score (nSPS) is 22.0. The van der Waals surface area contributed by atoms with Crippen LogP contribution in [-0.2, 0) is 4.74 Å². The van der Waals surface area contributed by atoms with Gasteiger partial charge < -0.3 is 20.7 Å². The second-order valence-electron chi connectivity index (χ2n) is 8.72. The number of hydrogen-bond donors (Lipinski definition) is 2. The van der Waals surface area contributed by atoms with Crippen molar-refractivity contribution >= 4 is 17.7 Å². The smallest absolute Gasteiger partial charge is 0.405 e. The van der Waals surface area contributed by atoms with Crippen LogP contribution >= 0.6 is 0 Å². The number of nitrogens with zero attached hydrogens (tertiary/aromatic N) is 2. The van der Waals surface area contributed by atoms with Crippen molar-refractivity contribution in [3.63, 3.8) is 0 Å². The molecule has 1 aromatic heterocycles. The summed E-state index contributed by atoms with van der Waals surface area (Å²) < 4.78 is 59.6. The summed E-state index contributed by atoms with van der Waals surface area (Å²) >= 11 is 0. The van der Waals surface area contributed by atoms with Crippen molar-refractivity contribution in [2.45, 2.75) is 43.8 Å². The molecule has 0 bridgehead atoms. The summed E-state index contributed by atoms with van der Waals surface area (Å²) in [6.45, 7) is 2.16. The molecule has 1 saturated carbocycles. The van der Waals surface area contributed by atoms with Crippen LogP contribution in [0.3, 0.4) is 0 Å². The largest absolute Gasteiger partial charge is 0.441 e. The van der Waals surface area contributed by atoms with Crippen molar-refractivity contribution in [1.29, 1.82) is 0 Å². The molecule has 2 aliphatic rings. The van der Waals surface area contributed by atoms with Gasteiger partial charge in [0.15, 0.2) is 0 Å². The monoisotopic (exact) mass is 466 g/mol. The van der Waals surface area contributed by atoms with Crippen LogP contribution in [0.15, 0.2) is 30.6 Å². The van der Waals surface area contributed by atoms with E-state index in [1.807, 2.05) is 0 Å². The SMILES string of the molecule is CC1(OC(N)=O)CCN(c2c(C(=O)NC3CC(F)(F)C3)cncc2-c2cc(F)cc(F)c2)C1. The van der Waals surface area contributed by atoms with E-state index < -0.39 is 54.0 Å². The van der Waals surface area contributed by atoms with Crippen LogP contribution in [0.25, 0.3) is 11.1 Å². The number of hydrogen-bond acceptors (Lipinski definition) is 5. The maximum Gasteiger partial charge on any atom is 0.405 e. The Morgan fingerprint density at radius 3 is 2.45 bits per heavy atom. The average molecular weight is 466 g/mol. The first kappa shape index (κ1) is 22.8. The van der Waals surface area contributed by atoms with Gasteiger partial charge in [0.25, 0.3) is 11.8 Å². The predicted octanol–water partition coefficient (Wildman–Crippen LogP) is 3.62. The highest BCUT2D eigenvalue weighted by molar-refractivity contribution is 6.03. The molecule has 1 saturated heterocycles. The molecule has 11 heteroatoms. The molecule has 1 aliphatic heterocycles. The van der Waals surface area contributed by atoms with E-state index in [4.69, 9.17) is 10.5 Å². The minimum Gasteiger partial charge on any atom is -0.441 e. The molecule has 1 unspecified atom stereocenters. The standard InChI is InChI=1S/C22H22F4N4O3/c1-21(33-20(27)32)2-3-30(11-21)18-16(12-4-13(23)6-14(24)5-12)9-28-10-17(18)19(31)29-15-7-22(25,26)8-15/h4-6,9-10,15H,2-3,7-8,11H2,1H3,(H2,27,32)(H,29,31). The number of primary amides is 1. The minimum absolute atomic E-state index is 0.0516. The summed E-state index contributed by atoms with van der Waals surface area (Å²) in [5, 5.41) is 2.57. The van der Waals surface area contributed by atoms with Gasteiger partial charge in [0.05, 0.1) is 17.8 Å². The van der Waals surface area contributed by atoms with E-state index in [0.717, 1.165) is 18.2 Å². The number of nitrogens with one attached hydrogen (secondary N) is 1. The molecule has 7 nitrogen and oxygen atoms in total. The fourth-order valence-corrected chi connectivity index (χ4v) is 4.36. The van der Waals surface area contributed by atoms with Crippen molar-refractivity contribution in [2.24, 2.45) is 5.73 Å². The number of halogens is 4. The minimum atomic E-state index is -2.82. The third kappa shape index (κ3) is 4.86. The molecule has 2 amide bonds. The highest BCUT2D eigenvalue weighted by Gasteiger charge is 2.46. The van der Waals surface area contributed by atoms with E-state index in [2.05, 4.69) is 10.3 Å².